The van der Waals surface area contributed by atoms with Crippen molar-refractivity contribution >= 4 is 17.7 Å². The average molecular weight is 363 g/mol. The lowest BCUT2D eigenvalue weighted by atomic mass is 10.3. The molecule has 1 N–H and O–H groups in total. The van der Waals surface area contributed by atoms with Crippen LogP contribution in [0.1, 0.15) is 12.8 Å². The lowest BCUT2D eigenvalue weighted by molar-refractivity contribution is -0.121. The number of methoxy groups -OCH3 is 1. The van der Waals surface area contributed by atoms with Gasteiger partial charge in [-0.15, -0.1) is 11.8 Å². The van der Waals surface area contributed by atoms with E-state index in [4.69, 9.17) is 9.47 Å². The maximum absolute atomic E-state index is 12.8. The summed E-state index contributed by atoms with van der Waals surface area (Å²) in [5.74, 6) is 1.88. The van der Waals surface area contributed by atoms with Gasteiger partial charge in [0.25, 0.3) is 0 Å². The number of para-hydroxylation sites is 2. The number of halogens is 1. The summed E-state index contributed by atoms with van der Waals surface area (Å²) in [6.07, 6.45) is 1.14. The van der Waals surface area contributed by atoms with E-state index in [1.54, 1.807) is 31.0 Å². The molecule has 0 unspecified atom stereocenters. The SMILES string of the molecule is COc1ccccc1OCCC(=O)NCCCSc1ccc(F)cc1. The standard InChI is InChI=1S/C19H22FNO3S/c1-23-17-5-2-3-6-18(17)24-13-11-19(22)21-12-4-14-25-16-9-7-15(20)8-10-16/h2-3,5-10H,4,11-14H2,1H3,(H,21,22). The lowest BCUT2D eigenvalue weighted by Crippen LogP contribution is -2.26. The van der Waals surface area contributed by atoms with Crippen LogP contribution in [0.2, 0.25) is 0 Å². The first-order chi connectivity index (χ1) is 12.2. The Labute approximate surface area is 151 Å². The van der Waals surface area contributed by atoms with Crippen molar-refractivity contribution < 1.29 is 18.7 Å². The van der Waals surface area contributed by atoms with Crippen molar-refractivity contribution in [1.82, 2.24) is 5.32 Å². The van der Waals surface area contributed by atoms with Crippen LogP contribution in [0.25, 0.3) is 0 Å². The first kappa shape index (κ1) is 19.1. The molecule has 0 aliphatic heterocycles. The average Bonchev–Trinajstić information content (AvgIpc) is 2.63. The number of benzene rings is 2. The van der Waals surface area contributed by atoms with Crippen LogP contribution in [0.15, 0.2) is 53.4 Å². The molecular formula is C19H22FNO3S. The molecular weight excluding hydrogens is 341 g/mol. The van der Waals surface area contributed by atoms with E-state index in [0.717, 1.165) is 17.1 Å². The molecule has 2 aromatic carbocycles. The summed E-state index contributed by atoms with van der Waals surface area (Å²) in [5.41, 5.74) is 0. The highest BCUT2D eigenvalue weighted by molar-refractivity contribution is 7.99. The molecule has 1 amide bonds. The van der Waals surface area contributed by atoms with Crippen molar-refractivity contribution in [2.45, 2.75) is 17.7 Å². The van der Waals surface area contributed by atoms with Gasteiger partial charge >= 0.3 is 0 Å². The van der Waals surface area contributed by atoms with Crippen molar-refractivity contribution in [2.75, 3.05) is 26.0 Å². The zero-order valence-electron chi connectivity index (χ0n) is 14.2. The minimum absolute atomic E-state index is 0.0401. The molecule has 0 aliphatic carbocycles. The molecule has 2 rings (SSSR count). The number of ether oxygens (including phenoxy) is 2. The maximum Gasteiger partial charge on any atom is 0.223 e. The molecule has 0 radical (unpaired) electrons. The van der Waals surface area contributed by atoms with E-state index in [1.807, 2.05) is 24.3 Å². The van der Waals surface area contributed by atoms with E-state index in [2.05, 4.69) is 5.32 Å². The molecule has 0 heterocycles. The van der Waals surface area contributed by atoms with Gasteiger partial charge in [0.2, 0.25) is 5.91 Å². The fourth-order valence-electron chi connectivity index (χ4n) is 2.10. The third-order valence-electron chi connectivity index (χ3n) is 3.38. The second-order valence-corrected chi connectivity index (χ2v) is 6.42. The Morgan fingerprint density at radius 3 is 2.56 bits per heavy atom. The molecule has 0 spiro atoms. The Morgan fingerprint density at radius 2 is 1.84 bits per heavy atom. The lowest BCUT2D eigenvalue weighted by Gasteiger charge is -2.10. The topological polar surface area (TPSA) is 47.6 Å². The minimum atomic E-state index is -0.230. The van der Waals surface area contributed by atoms with Crippen LogP contribution in [0.5, 0.6) is 11.5 Å². The summed E-state index contributed by atoms with van der Waals surface area (Å²) in [6, 6.07) is 13.8. The van der Waals surface area contributed by atoms with Gasteiger partial charge in [-0.3, -0.25) is 4.79 Å². The number of rotatable bonds is 10. The molecule has 25 heavy (non-hydrogen) atoms. The van der Waals surface area contributed by atoms with Gasteiger partial charge in [0.15, 0.2) is 11.5 Å². The fourth-order valence-corrected chi connectivity index (χ4v) is 2.95. The predicted octanol–water partition coefficient (Wildman–Crippen LogP) is 3.90. The molecule has 0 bridgehead atoms. The van der Waals surface area contributed by atoms with E-state index >= 15 is 0 Å². The highest BCUT2D eigenvalue weighted by Gasteiger charge is 2.05. The Bertz CT molecular complexity index is 664. The summed E-state index contributed by atoms with van der Waals surface area (Å²) in [7, 11) is 1.58. The third-order valence-corrected chi connectivity index (χ3v) is 4.48. The first-order valence-corrected chi connectivity index (χ1v) is 9.08. The quantitative estimate of drug-likeness (QED) is 0.514. The molecule has 0 saturated heterocycles. The number of nitrogens with one attached hydrogen (secondary N) is 1. The molecule has 0 atom stereocenters. The van der Waals surface area contributed by atoms with Gasteiger partial charge < -0.3 is 14.8 Å². The van der Waals surface area contributed by atoms with Crippen LogP contribution < -0.4 is 14.8 Å². The fraction of sp³-hybridized carbons (Fsp3) is 0.316. The van der Waals surface area contributed by atoms with Crippen LogP contribution >= 0.6 is 11.8 Å². The predicted molar refractivity (Wildman–Crippen MR) is 97.9 cm³/mol. The van der Waals surface area contributed by atoms with E-state index in [1.165, 1.54) is 12.1 Å². The summed E-state index contributed by atoms with van der Waals surface area (Å²) in [4.78, 5) is 12.8. The number of amides is 1. The van der Waals surface area contributed by atoms with Crippen LogP contribution in [-0.2, 0) is 4.79 Å². The highest BCUT2D eigenvalue weighted by Crippen LogP contribution is 2.25. The Hall–Kier alpha value is -2.21. The van der Waals surface area contributed by atoms with E-state index < -0.39 is 0 Å². The molecule has 0 saturated carbocycles. The Kier molecular flexibility index (Phi) is 8.12. The molecule has 6 heteroatoms. The summed E-state index contributed by atoms with van der Waals surface area (Å²) in [5, 5.41) is 2.87. The summed E-state index contributed by atoms with van der Waals surface area (Å²) < 4.78 is 23.6. The van der Waals surface area contributed by atoms with Crippen LogP contribution in [0.3, 0.4) is 0 Å². The van der Waals surface area contributed by atoms with Crippen molar-refractivity contribution in [3.8, 4) is 11.5 Å². The van der Waals surface area contributed by atoms with Crippen LogP contribution in [0, 0.1) is 5.82 Å². The van der Waals surface area contributed by atoms with Crippen molar-refractivity contribution in [1.29, 1.82) is 0 Å². The minimum Gasteiger partial charge on any atom is -0.493 e. The number of hydrogen-bond donors (Lipinski definition) is 1. The number of carbonyl (C=O) groups is 1. The van der Waals surface area contributed by atoms with Gasteiger partial charge in [-0.25, -0.2) is 4.39 Å². The van der Waals surface area contributed by atoms with E-state index in [-0.39, 0.29) is 11.7 Å². The Balaban J connectivity index is 1.56. The smallest absolute Gasteiger partial charge is 0.223 e. The zero-order valence-corrected chi connectivity index (χ0v) is 15.0. The van der Waals surface area contributed by atoms with Gasteiger partial charge in [0, 0.05) is 11.4 Å². The van der Waals surface area contributed by atoms with Gasteiger partial charge in [-0.2, -0.15) is 0 Å². The number of carbonyl (C=O) groups excluding carboxylic acids is 1. The van der Waals surface area contributed by atoms with Gasteiger partial charge in [-0.1, -0.05) is 12.1 Å². The van der Waals surface area contributed by atoms with Crippen molar-refractivity contribution in [2.24, 2.45) is 0 Å². The first-order valence-electron chi connectivity index (χ1n) is 8.10. The van der Waals surface area contributed by atoms with Crippen molar-refractivity contribution in [3.63, 3.8) is 0 Å². The normalized spacial score (nSPS) is 10.3. The molecule has 2 aromatic rings. The Morgan fingerprint density at radius 1 is 1.12 bits per heavy atom. The third kappa shape index (κ3) is 7.05. The van der Waals surface area contributed by atoms with Gasteiger partial charge in [0.1, 0.15) is 5.82 Å². The molecule has 134 valence electrons. The second-order valence-electron chi connectivity index (χ2n) is 5.26. The van der Waals surface area contributed by atoms with E-state index in [0.29, 0.717) is 31.1 Å². The van der Waals surface area contributed by atoms with Crippen LogP contribution in [-0.4, -0.2) is 31.9 Å². The molecule has 0 aromatic heterocycles. The molecule has 0 fully saturated rings. The maximum atomic E-state index is 12.8. The van der Waals surface area contributed by atoms with E-state index in [9.17, 15) is 9.18 Å². The molecule has 0 aliphatic rings. The van der Waals surface area contributed by atoms with Gasteiger partial charge in [-0.05, 0) is 48.6 Å². The number of thioether (sulfide) groups is 1. The highest BCUT2D eigenvalue weighted by atomic mass is 32.2. The second kappa shape index (κ2) is 10.6. The largest absolute Gasteiger partial charge is 0.493 e. The van der Waals surface area contributed by atoms with Crippen molar-refractivity contribution in [3.05, 3.63) is 54.3 Å². The molecule has 4 nitrogen and oxygen atoms in total. The summed E-state index contributed by atoms with van der Waals surface area (Å²) in [6.45, 7) is 0.915. The summed E-state index contributed by atoms with van der Waals surface area (Å²) >= 11 is 1.64. The van der Waals surface area contributed by atoms with Gasteiger partial charge in [0.05, 0.1) is 20.1 Å². The zero-order chi connectivity index (χ0) is 17.9. The van der Waals surface area contributed by atoms with Crippen LogP contribution in [0.4, 0.5) is 4.39 Å². The number of hydrogen-bond acceptors (Lipinski definition) is 4. The monoisotopic (exact) mass is 363 g/mol.